The Bertz CT molecular complexity index is 423. The molecule has 1 aromatic rings. The van der Waals surface area contributed by atoms with E-state index < -0.39 is 0 Å². The number of carbonyl (C=O) groups is 1. The molecule has 0 aromatic heterocycles. The molecule has 5 heteroatoms. The van der Waals surface area contributed by atoms with Crippen LogP contribution in [0.15, 0.2) is 18.2 Å². The van der Waals surface area contributed by atoms with Gasteiger partial charge in [0.2, 0.25) is 6.41 Å². The fraction of sp³-hybridized carbons (Fsp3) is 0.462. The number of rotatable bonds is 4. The largest absolute Gasteiger partial charge is 0.506 e. The minimum Gasteiger partial charge on any atom is -0.506 e. The van der Waals surface area contributed by atoms with Crippen molar-refractivity contribution in [3.05, 3.63) is 18.2 Å². The first-order valence-corrected chi connectivity index (χ1v) is 6.17. The van der Waals surface area contributed by atoms with E-state index in [0.717, 1.165) is 31.5 Å². The van der Waals surface area contributed by atoms with Gasteiger partial charge in [0.15, 0.2) is 0 Å². The summed E-state index contributed by atoms with van der Waals surface area (Å²) in [4.78, 5) is 12.6. The molecule has 98 valence electrons. The molecule has 1 aliphatic heterocycles. The number of benzene rings is 1. The van der Waals surface area contributed by atoms with Crippen molar-refractivity contribution in [2.75, 3.05) is 23.4 Å². The predicted octanol–water partition coefficient (Wildman–Crippen LogP) is 1.31. The van der Waals surface area contributed by atoms with E-state index in [1.807, 2.05) is 0 Å². The van der Waals surface area contributed by atoms with Crippen molar-refractivity contribution < 1.29 is 15.0 Å². The van der Waals surface area contributed by atoms with Gasteiger partial charge in [0.05, 0.1) is 18.3 Å². The third-order valence-corrected chi connectivity index (χ3v) is 3.36. The molecule has 0 bridgehead atoms. The topological polar surface area (TPSA) is 72.8 Å². The minimum atomic E-state index is 0.0448. The van der Waals surface area contributed by atoms with Crippen LogP contribution in [0.4, 0.5) is 11.4 Å². The molecule has 1 amide bonds. The van der Waals surface area contributed by atoms with Crippen LogP contribution in [0.25, 0.3) is 0 Å². The zero-order chi connectivity index (χ0) is 13.0. The highest BCUT2D eigenvalue weighted by Gasteiger charge is 2.22. The SMILES string of the molecule is O=CNc1cc(N2CCCCC2CO)ccc1O. The smallest absolute Gasteiger partial charge is 0.211 e. The first kappa shape index (κ1) is 12.7. The van der Waals surface area contributed by atoms with Gasteiger partial charge in [-0.3, -0.25) is 4.79 Å². The molecule has 1 fully saturated rings. The van der Waals surface area contributed by atoms with E-state index in [9.17, 15) is 15.0 Å². The van der Waals surface area contributed by atoms with E-state index in [4.69, 9.17) is 0 Å². The molecular formula is C13H18N2O3. The predicted molar refractivity (Wildman–Crippen MR) is 69.9 cm³/mol. The molecule has 3 N–H and O–H groups in total. The van der Waals surface area contributed by atoms with Gasteiger partial charge in [-0.2, -0.15) is 0 Å². The Labute approximate surface area is 106 Å². The van der Waals surface area contributed by atoms with Gasteiger partial charge in [-0.15, -0.1) is 0 Å². The number of nitrogens with zero attached hydrogens (tertiary/aromatic N) is 1. The van der Waals surface area contributed by atoms with Crippen LogP contribution in [0.1, 0.15) is 19.3 Å². The summed E-state index contributed by atoms with van der Waals surface area (Å²) in [6.45, 7) is 1.01. The Hall–Kier alpha value is -1.75. The fourth-order valence-electron chi connectivity index (χ4n) is 2.41. The fourth-order valence-corrected chi connectivity index (χ4v) is 2.41. The summed E-state index contributed by atoms with van der Waals surface area (Å²) in [6, 6.07) is 5.22. The van der Waals surface area contributed by atoms with Crippen LogP contribution >= 0.6 is 0 Å². The molecule has 2 rings (SSSR count). The molecular weight excluding hydrogens is 232 g/mol. The van der Waals surface area contributed by atoms with E-state index in [1.54, 1.807) is 18.2 Å². The summed E-state index contributed by atoms with van der Waals surface area (Å²) in [5.74, 6) is 0.0448. The summed E-state index contributed by atoms with van der Waals surface area (Å²) in [5.41, 5.74) is 1.31. The molecule has 1 heterocycles. The van der Waals surface area contributed by atoms with E-state index in [1.165, 1.54) is 0 Å². The minimum absolute atomic E-state index is 0.0448. The first-order chi connectivity index (χ1) is 8.76. The average Bonchev–Trinajstić information content (AvgIpc) is 2.41. The number of carbonyl (C=O) groups excluding carboxylic acids is 1. The highest BCUT2D eigenvalue weighted by atomic mass is 16.3. The molecule has 0 saturated carbocycles. The average molecular weight is 250 g/mol. The van der Waals surface area contributed by atoms with Crippen molar-refractivity contribution in [3.63, 3.8) is 0 Å². The zero-order valence-corrected chi connectivity index (χ0v) is 10.2. The standard InChI is InChI=1S/C13H18N2O3/c16-8-11-3-1-2-6-15(11)10-4-5-13(18)12(7-10)14-9-17/h4-5,7,9,11,16,18H,1-3,6,8H2,(H,14,17). The van der Waals surface area contributed by atoms with Crippen LogP contribution < -0.4 is 10.2 Å². The Morgan fingerprint density at radius 3 is 3.00 bits per heavy atom. The number of aliphatic hydroxyl groups is 1. The second kappa shape index (κ2) is 5.73. The maximum absolute atomic E-state index is 10.5. The monoisotopic (exact) mass is 250 g/mol. The number of anilines is 2. The molecule has 0 aliphatic carbocycles. The van der Waals surface area contributed by atoms with Crippen molar-refractivity contribution in [1.29, 1.82) is 0 Å². The third-order valence-electron chi connectivity index (χ3n) is 3.36. The third kappa shape index (κ3) is 2.56. The molecule has 18 heavy (non-hydrogen) atoms. The van der Waals surface area contributed by atoms with Crippen LogP contribution in [0.2, 0.25) is 0 Å². The zero-order valence-electron chi connectivity index (χ0n) is 10.2. The maximum Gasteiger partial charge on any atom is 0.211 e. The number of hydrogen-bond acceptors (Lipinski definition) is 4. The Morgan fingerprint density at radius 1 is 1.44 bits per heavy atom. The number of aromatic hydroxyl groups is 1. The van der Waals surface area contributed by atoms with Gasteiger partial charge in [-0.1, -0.05) is 0 Å². The van der Waals surface area contributed by atoms with Gasteiger partial charge in [-0.05, 0) is 37.5 Å². The normalized spacial score (nSPS) is 19.6. The lowest BCUT2D eigenvalue weighted by molar-refractivity contribution is -0.105. The van der Waals surface area contributed by atoms with Crippen LogP contribution in [0, 0.1) is 0 Å². The highest BCUT2D eigenvalue weighted by Crippen LogP contribution is 2.31. The Kier molecular flexibility index (Phi) is 4.04. The van der Waals surface area contributed by atoms with Crippen molar-refractivity contribution in [1.82, 2.24) is 0 Å². The number of phenols is 1. The lowest BCUT2D eigenvalue weighted by Crippen LogP contribution is -2.41. The summed E-state index contributed by atoms with van der Waals surface area (Å²) in [5, 5.41) is 21.5. The maximum atomic E-state index is 10.5. The summed E-state index contributed by atoms with van der Waals surface area (Å²) in [6.07, 6.45) is 3.72. The van der Waals surface area contributed by atoms with Gasteiger partial charge in [0.1, 0.15) is 5.75 Å². The Morgan fingerprint density at radius 2 is 2.28 bits per heavy atom. The van der Waals surface area contributed by atoms with Gasteiger partial charge >= 0.3 is 0 Å². The number of phenolic OH excluding ortho intramolecular Hbond substituents is 1. The van der Waals surface area contributed by atoms with Gasteiger partial charge in [0.25, 0.3) is 0 Å². The van der Waals surface area contributed by atoms with Gasteiger partial charge < -0.3 is 20.4 Å². The van der Waals surface area contributed by atoms with Crippen molar-refractivity contribution in [3.8, 4) is 5.75 Å². The molecule has 1 aromatic carbocycles. The van der Waals surface area contributed by atoms with E-state index in [0.29, 0.717) is 12.1 Å². The molecule has 1 aliphatic rings. The Balaban J connectivity index is 2.25. The second-order valence-electron chi connectivity index (χ2n) is 4.49. The number of piperidine rings is 1. The lowest BCUT2D eigenvalue weighted by atomic mass is 10.0. The van der Waals surface area contributed by atoms with Crippen LogP contribution in [-0.2, 0) is 4.79 Å². The number of amides is 1. The number of hydrogen-bond donors (Lipinski definition) is 3. The van der Waals surface area contributed by atoms with Crippen LogP contribution in [-0.4, -0.2) is 35.8 Å². The molecule has 1 saturated heterocycles. The van der Waals surface area contributed by atoms with Crippen LogP contribution in [0.3, 0.4) is 0 Å². The summed E-state index contributed by atoms with van der Waals surface area (Å²) < 4.78 is 0. The second-order valence-corrected chi connectivity index (χ2v) is 4.49. The summed E-state index contributed by atoms with van der Waals surface area (Å²) >= 11 is 0. The van der Waals surface area contributed by atoms with E-state index >= 15 is 0 Å². The molecule has 0 radical (unpaired) electrons. The first-order valence-electron chi connectivity index (χ1n) is 6.17. The quantitative estimate of drug-likeness (QED) is 0.556. The van der Waals surface area contributed by atoms with Gasteiger partial charge in [0, 0.05) is 12.2 Å². The molecule has 1 unspecified atom stereocenters. The molecule has 5 nitrogen and oxygen atoms in total. The molecule has 1 atom stereocenters. The lowest BCUT2D eigenvalue weighted by Gasteiger charge is -2.36. The summed E-state index contributed by atoms with van der Waals surface area (Å²) in [7, 11) is 0. The number of nitrogens with one attached hydrogen (secondary N) is 1. The van der Waals surface area contributed by atoms with Crippen molar-refractivity contribution in [2.24, 2.45) is 0 Å². The van der Waals surface area contributed by atoms with Crippen molar-refractivity contribution in [2.45, 2.75) is 25.3 Å². The van der Waals surface area contributed by atoms with E-state index in [2.05, 4.69) is 10.2 Å². The van der Waals surface area contributed by atoms with Gasteiger partial charge in [-0.25, -0.2) is 0 Å². The highest BCUT2D eigenvalue weighted by molar-refractivity contribution is 5.78. The molecule has 0 spiro atoms. The van der Waals surface area contributed by atoms with Crippen LogP contribution in [0.5, 0.6) is 5.75 Å². The van der Waals surface area contributed by atoms with Crippen molar-refractivity contribution >= 4 is 17.8 Å². The number of aliphatic hydroxyl groups excluding tert-OH is 1. The van der Waals surface area contributed by atoms with E-state index in [-0.39, 0.29) is 18.4 Å².